The molecule has 1 aromatic heterocycles. The van der Waals surface area contributed by atoms with E-state index >= 15 is 0 Å². The van der Waals surface area contributed by atoms with E-state index in [9.17, 15) is 4.79 Å². The molecule has 0 aliphatic heterocycles. The van der Waals surface area contributed by atoms with Gasteiger partial charge in [-0.25, -0.2) is 0 Å². The number of hydrogen-bond acceptors (Lipinski definition) is 3. The Bertz CT molecular complexity index is 640. The summed E-state index contributed by atoms with van der Waals surface area (Å²) in [7, 11) is 1.69. The first-order valence-electron chi connectivity index (χ1n) is 6.12. The van der Waals surface area contributed by atoms with Gasteiger partial charge >= 0.3 is 0 Å². The van der Waals surface area contributed by atoms with Crippen LogP contribution in [0.5, 0.6) is 0 Å². The van der Waals surface area contributed by atoms with Crippen molar-refractivity contribution in [1.82, 2.24) is 9.88 Å². The zero-order valence-corrected chi connectivity index (χ0v) is 11.0. The van der Waals surface area contributed by atoms with Crippen LogP contribution >= 0.6 is 0 Å². The Morgan fingerprint density at radius 1 is 1.42 bits per heavy atom. The number of carbonyl (C=O) groups is 1. The van der Waals surface area contributed by atoms with Gasteiger partial charge in [0, 0.05) is 25.2 Å². The summed E-state index contributed by atoms with van der Waals surface area (Å²) in [6, 6.07) is 11.7. The number of amides is 1. The van der Waals surface area contributed by atoms with Crippen molar-refractivity contribution in [2.24, 2.45) is 5.92 Å². The summed E-state index contributed by atoms with van der Waals surface area (Å²) < 4.78 is 0. The fraction of sp³-hybridized carbons (Fsp3) is 0.267. The molecular weight excluding hydrogens is 238 g/mol. The lowest BCUT2D eigenvalue weighted by atomic mass is 10.1. The molecule has 4 heteroatoms. The van der Waals surface area contributed by atoms with Crippen LogP contribution in [0.3, 0.4) is 0 Å². The minimum atomic E-state index is -0.191. The van der Waals surface area contributed by atoms with Gasteiger partial charge in [0.15, 0.2) is 0 Å². The molecule has 0 bridgehead atoms. The number of hydrogen-bond donors (Lipinski definition) is 0. The number of nitriles is 1. The Balaban J connectivity index is 2.34. The molecule has 1 heterocycles. The van der Waals surface area contributed by atoms with Crippen molar-refractivity contribution >= 4 is 16.7 Å². The zero-order valence-electron chi connectivity index (χ0n) is 11.0. The average Bonchev–Trinajstić information content (AvgIpc) is 2.45. The highest BCUT2D eigenvalue weighted by atomic mass is 16.2. The van der Waals surface area contributed by atoms with Crippen LogP contribution in [0.25, 0.3) is 10.8 Å². The van der Waals surface area contributed by atoms with Gasteiger partial charge in [0.05, 0.1) is 12.0 Å². The second kappa shape index (κ2) is 5.49. The van der Waals surface area contributed by atoms with Crippen LogP contribution in [0.1, 0.15) is 17.4 Å². The maximum absolute atomic E-state index is 12.4. The first kappa shape index (κ1) is 13.0. The van der Waals surface area contributed by atoms with Crippen molar-refractivity contribution < 1.29 is 4.79 Å². The largest absolute Gasteiger partial charge is 0.339 e. The predicted octanol–water partition coefficient (Wildman–Crippen LogP) is 2.47. The van der Waals surface area contributed by atoms with Gasteiger partial charge in [-0.15, -0.1) is 0 Å². The Morgan fingerprint density at radius 3 is 2.89 bits per heavy atom. The van der Waals surface area contributed by atoms with Crippen LogP contribution in [-0.2, 0) is 0 Å². The van der Waals surface area contributed by atoms with Gasteiger partial charge in [0.2, 0.25) is 0 Å². The Kier molecular flexibility index (Phi) is 3.76. The quantitative estimate of drug-likeness (QED) is 0.844. The highest BCUT2D eigenvalue weighted by Crippen LogP contribution is 2.17. The van der Waals surface area contributed by atoms with Gasteiger partial charge in [-0.3, -0.25) is 9.78 Å². The van der Waals surface area contributed by atoms with Crippen molar-refractivity contribution in [3.05, 3.63) is 42.2 Å². The van der Waals surface area contributed by atoms with E-state index in [1.165, 1.54) is 0 Å². The van der Waals surface area contributed by atoms with Crippen LogP contribution in [0, 0.1) is 17.2 Å². The molecular formula is C15H15N3O. The lowest BCUT2D eigenvalue weighted by Crippen LogP contribution is -2.31. The number of fused-ring (bicyclic) bond motifs is 1. The molecule has 2 aromatic rings. The summed E-state index contributed by atoms with van der Waals surface area (Å²) >= 11 is 0. The van der Waals surface area contributed by atoms with Crippen molar-refractivity contribution in [2.45, 2.75) is 6.92 Å². The molecule has 1 atom stereocenters. The zero-order chi connectivity index (χ0) is 13.8. The van der Waals surface area contributed by atoms with E-state index in [1.807, 2.05) is 30.3 Å². The van der Waals surface area contributed by atoms with Crippen LogP contribution in [0.4, 0.5) is 0 Å². The molecule has 19 heavy (non-hydrogen) atoms. The first-order chi connectivity index (χ1) is 9.13. The number of nitrogens with zero attached hydrogens (tertiary/aromatic N) is 3. The molecule has 0 saturated carbocycles. The van der Waals surface area contributed by atoms with Gasteiger partial charge in [-0.2, -0.15) is 5.26 Å². The third-order valence-corrected chi connectivity index (χ3v) is 2.99. The van der Waals surface area contributed by atoms with Crippen molar-refractivity contribution in [3.63, 3.8) is 0 Å². The van der Waals surface area contributed by atoms with E-state index < -0.39 is 0 Å². The standard InChI is InChI=1S/C15H15N3O/c1-11(9-16)10-18(2)15(19)14-13-6-4-3-5-12(13)7-8-17-14/h3-8,11H,10H2,1-2H3. The minimum absolute atomic E-state index is 0.154. The summed E-state index contributed by atoms with van der Waals surface area (Å²) in [6.07, 6.45) is 1.64. The van der Waals surface area contributed by atoms with Crippen LogP contribution in [0.2, 0.25) is 0 Å². The summed E-state index contributed by atoms with van der Waals surface area (Å²) in [6.45, 7) is 2.19. The highest BCUT2D eigenvalue weighted by Gasteiger charge is 2.17. The molecule has 0 aliphatic rings. The van der Waals surface area contributed by atoms with Gasteiger partial charge in [-0.1, -0.05) is 24.3 Å². The van der Waals surface area contributed by atoms with E-state index in [0.29, 0.717) is 12.2 Å². The fourth-order valence-electron chi connectivity index (χ4n) is 2.01. The molecule has 0 aliphatic carbocycles. The van der Waals surface area contributed by atoms with E-state index in [-0.39, 0.29) is 11.8 Å². The lowest BCUT2D eigenvalue weighted by molar-refractivity contribution is 0.0781. The monoisotopic (exact) mass is 253 g/mol. The summed E-state index contributed by atoms with van der Waals surface area (Å²) in [4.78, 5) is 18.1. The Labute approximate surface area is 112 Å². The Morgan fingerprint density at radius 2 is 2.16 bits per heavy atom. The minimum Gasteiger partial charge on any atom is -0.339 e. The van der Waals surface area contributed by atoms with E-state index in [1.54, 1.807) is 25.1 Å². The van der Waals surface area contributed by atoms with E-state index in [2.05, 4.69) is 11.1 Å². The summed E-state index contributed by atoms with van der Waals surface area (Å²) in [5, 5.41) is 10.6. The van der Waals surface area contributed by atoms with Gasteiger partial charge < -0.3 is 4.90 Å². The highest BCUT2D eigenvalue weighted by molar-refractivity contribution is 6.05. The van der Waals surface area contributed by atoms with Crippen LogP contribution < -0.4 is 0 Å². The summed E-state index contributed by atoms with van der Waals surface area (Å²) in [5.74, 6) is -0.345. The maximum Gasteiger partial charge on any atom is 0.272 e. The van der Waals surface area contributed by atoms with Crippen molar-refractivity contribution in [3.8, 4) is 6.07 Å². The fourth-order valence-corrected chi connectivity index (χ4v) is 2.01. The van der Waals surface area contributed by atoms with Crippen molar-refractivity contribution in [1.29, 1.82) is 5.26 Å². The molecule has 1 aromatic carbocycles. The van der Waals surface area contributed by atoms with Gasteiger partial charge in [-0.05, 0) is 18.4 Å². The van der Waals surface area contributed by atoms with Gasteiger partial charge in [0.25, 0.3) is 5.91 Å². The predicted molar refractivity (Wildman–Crippen MR) is 73.5 cm³/mol. The average molecular weight is 253 g/mol. The van der Waals surface area contributed by atoms with Gasteiger partial charge in [0.1, 0.15) is 5.69 Å². The third-order valence-electron chi connectivity index (χ3n) is 2.99. The molecule has 0 saturated heterocycles. The Hall–Kier alpha value is -2.41. The molecule has 1 unspecified atom stereocenters. The van der Waals surface area contributed by atoms with Crippen molar-refractivity contribution in [2.75, 3.05) is 13.6 Å². The number of rotatable bonds is 3. The molecule has 1 amide bonds. The SMILES string of the molecule is CC(C#N)CN(C)C(=O)c1nccc2ccccc12. The molecule has 96 valence electrons. The molecule has 2 rings (SSSR count). The smallest absolute Gasteiger partial charge is 0.272 e. The van der Waals surface area contributed by atoms with E-state index in [4.69, 9.17) is 5.26 Å². The normalized spacial score (nSPS) is 11.8. The number of carbonyl (C=O) groups excluding carboxylic acids is 1. The van der Waals surface area contributed by atoms with E-state index in [0.717, 1.165) is 10.8 Å². The first-order valence-corrected chi connectivity index (χ1v) is 6.12. The molecule has 0 fully saturated rings. The van der Waals surface area contributed by atoms with Crippen LogP contribution in [0.15, 0.2) is 36.5 Å². The third kappa shape index (κ3) is 2.71. The summed E-state index contributed by atoms with van der Waals surface area (Å²) in [5.41, 5.74) is 0.436. The topological polar surface area (TPSA) is 57.0 Å². The molecule has 4 nitrogen and oxygen atoms in total. The second-order valence-corrected chi connectivity index (χ2v) is 4.60. The second-order valence-electron chi connectivity index (χ2n) is 4.60. The number of pyridine rings is 1. The lowest BCUT2D eigenvalue weighted by Gasteiger charge is -2.18. The molecule has 0 spiro atoms. The van der Waals surface area contributed by atoms with Crippen LogP contribution in [-0.4, -0.2) is 29.4 Å². The molecule has 0 N–H and O–H groups in total. The maximum atomic E-state index is 12.4. The molecule has 0 radical (unpaired) electrons. The number of benzene rings is 1. The number of aromatic nitrogens is 1.